The Labute approximate surface area is 176 Å². The van der Waals surface area contributed by atoms with E-state index in [1.807, 2.05) is 26.0 Å². The van der Waals surface area contributed by atoms with E-state index in [0.717, 1.165) is 18.1 Å². The van der Waals surface area contributed by atoms with Crippen molar-refractivity contribution in [2.45, 2.75) is 76.9 Å². The van der Waals surface area contributed by atoms with Gasteiger partial charge in [0.15, 0.2) is 11.5 Å². The third-order valence-corrected chi connectivity index (χ3v) is 6.83. The third kappa shape index (κ3) is 3.22. The minimum absolute atomic E-state index is 0.00322. The Morgan fingerprint density at radius 3 is 2.46 bits per heavy atom. The van der Waals surface area contributed by atoms with Crippen LogP contribution >= 0.6 is 0 Å². The first kappa shape index (κ1) is 15.3. The van der Waals surface area contributed by atoms with E-state index in [-0.39, 0.29) is 19.0 Å². The van der Waals surface area contributed by atoms with Crippen LogP contribution < -0.4 is 9.47 Å². The molecule has 0 spiro atoms. The summed E-state index contributed by atoms with van der Waals surface area (Å²) in [6.07, 6.45) is -2.65. The summed E-state index contributed by atoms with van der Waals surface area (Å²) in [6, 6.07) is 3.49. The summed E-state index contributed by atoms with van der Waals surface area (Å²) < 4.78 is 51.2. The van der Waals surface area contributed by atoms with Crippen LogP contribution in [-0.2, 0) is 10.2 Å². The highest BCUT2D eigenvalue weighted by Crippen LogP contribution is 2.55. The number of piperidine rings is 1. The second kappa shape index (κ2) is 6.74. The smallest absolute Gasteiger partial charge is 0.161 e. The zero-order chi connectivity index (χ0) is 25.4. The molecule has 0 aromatic heterocycles. The predicted octanol–water partition coefficient (Wildman–Crippen LogP) is 3.87. The Balaban J connectivity index is 2.15. The second-order valence-electron chi connectivity index (χ2n) is 9.09. The lowest BCUT2D eigenvalue weighted by atomic mass is 9.61. The predicted molar refractivity (Wildman–Crippen MR) is 110 cm³/mol. The van der Waals surface area contributed by atoms with E-state index in [1.165, 1.54) is 0 Å². The van der Waals surface area contributed by atoms with Crippen LogP contribution in [-0.4, -0.2) is 47.7 Å². The fraction of sp³-hybridized carbons (Fsp3) is 0.696. The molecule has 5 nitrogen and oxygen atoms in total. The number of aliphatic hydroxyl groups is 1. The average Bonchev–Trinajstić information content (AvgIpc) is 2.70. The summed E-state index contributed by atoms with van der Waals surface area (Å²) >= 11 is 0. The Kier molecular flexibility index (Phi) is 3.68. The molecule has 0 radical (unpaired) electrons. The number of hydrogen-bond donors (Lipinski definition) is 1. The van der Waals surface area contributed by atoms with Crippen molar-refractivity contribution in [3.63, 3.8) is 0 Å². The molecular weight excluding hydrogens is 354 g/mol. The van der Waals surface area contributed by atoms with Crippen molar-refractivity contribution in [2.75, 3.05) is 20.8 Å². The van der Waals surface area contributed by atoms with Gasteiger partial charge in [0.25, 0.3) is 0 Å². The first-order valence-electron chi connectivity index (χ1n) is 12.1. The molecule has 0 aliphatic carbocycles. The lowest BCUT2D eigenvalue weighted by molar-refractivity contribution is -0.137. The number of Topliss-reactive ketones (excluding diaryl/α,β-unsaturated/α-hetero) is 1. The zero-order valence-electron chi connectivity index (χ0n) is 22.8. The van der Waals surface area contributed by atoms with Gasteiger partial charge in [-0.1, -0.05) is 13.8 Å². The molecule has 0 bridgehead atoms. The van der Waals surface area contributed by atoms with Gasteiger partial charge in [0.2, 0.25) is 0 Å². The molecule has 1 N–H and O–H groups in total. The van der Waals surface area contributed by atoms with Crippen molar-refractivity contribution in [1.29, 1.82) is 0 Å². The highest BCUT2D eigenvalue weighted by Gasteiger charge is 2.54. The topological polar surface area (TPSA) is 59.0 Å². The molecule has 3 atom stereocenters. The van der Waals surface area contributed by atoms with E-state index in [1.54, 1.807) is 14.2 Å². The van der Waals surface area contributed by atoms with Crippen LogP contribution in [0.25, 0.3) is 0 Å². The fourth-order valence-corrected chi connectivity index (χ4v) is 4.63. The summed E-state index contributed by atoms with van der Waals surface area (Å²) in [4.78, 5) is 15.4. The van der Waals surface area contributed by atoms with Crippen LogP contribution in [0.1, 0.15) is 78.3 Å². The van der Waals surface area contributed by atoms with E-state index in [2.05, 4.69) is 18.7 Å². The number of nitrogens with zero attached hydrogens (tertiary/aromatic N) is 1. The van der Waals surface area contributed by atoms with Crippen molar-refractivity contribution in [3.8, 4) is 11.5 Å². The van der Waals surface area contributed by atoms with Gasteiger partial charge in [-0.05, 0) is 57.3 Å². The molecule has 0 saturated carbocycles. The molecule has 28 heavy (non-hydrogen) atoms. The number of fused-ring (bicyclic) bond motifs is 3. The van der Waals surface area contributed by atoms with Crippen molar-refractivity contribution < 1.29 is 26.2 Å². The molecule has 1 unspecified atom stereocenters. The summed E-state index contributed by atoms with van der Waals surface area (Å²) in [5.41, 5.74) is -1.70. The molecule has 156 valence electrons. The Morgan fingerprint density at radius 1 is 1.29 bits per heavy atom. The van der Waals surface area contributed by atoms with E-state index < -0.39 is 41.5 Å². The standard InChI is InChI=1S/C23H35NO4/c1-21(2,26)12-14-13-24-17(11-18(14)25)15-9-19(27-7)20(28-8)10-16(15)22(3,4)23(24,5)6/h9-10,14,17,26H,11-13H2,1-8H3/t14-,17-/m0/s1/i1D3,12D2/t14-,17-,21?. The Hall–Kier alpha value is -1.59. The number of hydrogen-bond acceptors (Lipinski definition) is 5. The van der Waals surface area contributed by atoms with E-state index in [0.29, 0.717) is 11.5 Å². The van der Waals surface area contributed by atoms with E-state index in [9.17, 15) is 9.90 Å². The monoisotopic (exact) mass is 394 g/mol. The van der Waals surface area contributed by atoms with Crippen LogP contribution in [0.2, 0.25) is 0 Å². The molecular formula is C23H35NO4. The minimum Gasteiger partial charge on any atom is -0.493 e. The summed E-state index contributed by atoms with van der Waals surface area (Å²) in [5, 5.41) is 10.7. The van der Waals surface area contributed by atoms with Crippen molar-refractivity contribution in [1.82, 2.24) is 4.90 Å². The van der Waals surface area contributed by atoms with Gasteiger partial charge in [0, 0.05) is 42.7 Å². The van der Waals surface area contributed by atoms with Gasteiger partial charge in [-0.25, -0.2) is 0 Å². The molecule has 1 aromatic carbocycles. The third-order valence-electron chi connectivity index (χ3n) is 6.83. The van der Waals surface area contributed by atoms with Crippen molar-refractivity contribution >= 4 is 5.78 Å². The number of carbonyl (C=O) groups is 1. The quantitative estimate of drug-likeness (QED) is 0.840. The summed E-state index contributed by atoms with van der Waals surface area (Å²) in [7, 11) is 3.12. The summed E-state index contributed by atoms with van der Waals surface area (Å²) in [5.74, 6) is -0.552. The van der Waals surface area contributed by atoms with Crippen LogP contribution in [0, 0.1) is 5.92 Å². The maximum absolute atomic E-state index is 13.3. The molecule has 2 heterocycles. The largest absolute Gasteiger partial charge is 0.493 e. The van der Waals surface area contributed by atoms with Gasteiger partial charge >= 0.3 is 0 Å². The molecule has 2 aliphatic rings. The molecule has 1 saturated heterocycles. The first-order valence-corrected chi connectivity index (χ1v) is 9.64. The van der Waals surface area contributed by atoms with Crippen LogP contribution in [0.3, 0.4) is 0 Å². The molecule has 1 aromatic rings. The number of methoxy groups -OCH3 is 2. The highest BCUT2D eigenvalue weighted by atomic mass is 16.5. The maximum atomic E-state index is 13.3. The molecule has 3 rings (SSSR count). The molecule has 2 aliphatic heterocycles. The lowest BCUT2D eigenvalue weighted by Crippen LogP contribution is -2.64. The summed E-state index contributed by atoms with van der Waals surface area (Å²) in [6.45, 7) is 6.23. The molecule has 1 fully saturated rings. The van der Waals surface area contributed by atoms with Crippen LogP contribution in [0.15, 0.2) is 12.1 Å². The first-order chi connectivity index (χ1) is 14.9. The van der Waals surface area contributed by atoms with Crippen molar-refractivity contribution in [2.24, 2.45) is 5.92 Å². The Morgan fingerprint density at radius 2 is 1.89 bits per heavy atom. The van der Waals surface area contributed by atoms with E-state index >= 15 is 0 Å². The fourth-order valence-electron chi connectivity index (χ4n) is 4.63. The molecule has 0 amide bonds. The van der Waals surface area contributed by atoms with Crippen LogP contribution in [0.5, 0.6) is 11.5 Å². The van der Waals surface area contributed by atoms with Gasteiger partial charge in [0.1, 0.15) is 5.78 Å². The minimum atomic E-state index is -2.99. The lowest BCUT2D eigenvalue weighted by Gasteiger charge is -2.60. The van der Waals surface area contributed by atoms with Gasteiger partial charge in [0.05, 0.1) is 19.8 Å². The number of ketones is 1. The second-order valence-corrected chi connectivity index (χ2v) is 9.09. The zero-order valence-corrected chi connectivity index (χ0v) is 17.8. The van der Waals surface area contributed by atoms with Crippen molar-refractivity contribution in [3.05, 3.63) is 23.3 Å². The number of benzene rings is 1. The van der Waals surface area contributed by atoms with E-state index in [4.69, 9.17) is 16.3 Å². The Bertz CT molecular complexity index is 955. The highest BCUT2D eigenvalue weighted by molar-refractivity contribution is 5.83. The normalized spacial score (nSPS) is 31.7. The maximum Gasteiger partial charge on any atom is 0.161 e. The number of rotatable bonds is 4. The van der Waals surface area contributed by atoms with Crippen LogP contribution in [0.4, 0.5) is 0 Å². The number of carbonyl (C=O) groups excluding carboxylic acids is 1. The molecule has 5 heteroatoms. The van der Waals surface area contributed by atoms with Gasteiger partial charge in [-0.3, -0.25) is 9.69 Å². The van der Waals surface area contributed by atoms with Gasteiger partial charge < -0.3 is 14.6 Å². The number of ether oxygens (including phenoxy) is 2. The SMILES string of the molecule is [2H]C([2H])([2H])C(C)(O)C([2H])([2H])[C@H]1CN2[C@@H](CC1=O)c1cc(OC)c(OC)cc1C(C)(C)C2(C)C. The van der Waals surface area contributed by atoms with Gasteiger partial charge in [-0.15, -0.1) is 0 Å². The van der Waals surface area contributed by atoms with Gasteiger partial charge in [-0.2, -0.15) is 0 Å². The average molecular weight is 395 g/mol.